The summed E-state index contributed by atoms with van der Waals surface area (Å²) in [6.07, 6.45) is 5.06. The fourth-order valence-electron chi connectivity index (χ4n) is 2.39. The molecule has 20 heavy (non-hydrogen) atoms. The second kappa shape index (κ2) is 6.54. The van der Waals surface area contributed by atoms with Gasteiger partial charge in [0.05, 0.1) is 19.8 Å². The van der Waals surface area contributed by atoms with Crippen molar-refractivity contribution in [3.63, 3.8) is 0 Å². The minimum Gasteiger partial charge on any atom is -0.463 e. The van der Waals surface area contributed by atoms with Crippen molar-refractivity contribution in [1.82, 2.24) is 15.0 Å². The van der Waals surface area contributed by atoms with Gasteiger partial charge in [-0.2, -0.15) is 15.0 Å². The number of aromatic nitrogens is 3. The summed E-state index contributed by atoms with van der Waals surface area (Å²) in [6.45, 7) is 3.54. The van der Waals surface area contributed by atoms with Gasteiger partial charge in [-0.1, -0.05) is 19.3 Å². The smallest absolute Gasteiger partial charge is 0.322 e. The normalized spacial score (nSPS) is 19.8. The summed E-state index contributed by atoms with van der Waals surface area (Å²) in [5.74, 6) is 1.39. The van der Waals surface area contributed by atoms with Crippen molar-refractivity contribution < 1.29 is 9.47 Å². The van der Waals surface area contributed by atoms with Gasteiger partial charge in [0.2, 0.25) is 11.2 Å². The average molecular weight is 299 g/mol. The first kappa shape index (κ1) is 13.8. The van der Waals surface area contributed by atoms with Crippen LogP contribution < -0.4 is 9.64 Å². The van der Waals surface area contributed by atoms with Crippen LogP contribution in [0, 0.1) is 5.92 Å². The van der Waals surface area contributed by atoms with Gasteiger partial charge in [-0.05, 0) is 23.9 Å². The van der Waals surface area contributed by atoms with Crippen molar-refractivity contribution in [2.45, 2.75) is 25.7 Å². The third-order valence-electron chi connectivity index (χ3n) is 3.85. The van der Waals surface area contributed by atoms with Gasteiger partial charge in [0.25, 0.3) is 0 Å². The lowest BCUT2D eigenvalue weighted by atomic mass is 9.83. The second-order valence-electron chi connectivity index (χ2n) is 5.22. The van der Waals surface area contributed by atoms with E-state index in [0.29, 0.717) is 31.8 Å². The van der Waals surface area contributed by atoms with E-state index in [1.807, 2.05) is 4.90 Å². The molecule has 1 saturated carbocycles. The number of anilines is 1. The Morgan fingerprint density at radius 3 is 2.70 bits per heavy atom. The van der Waals surface area contributed by atoms with Gasteiger partial charge in [0.15, 0.2) is 0 Å². The molecule has 7 heteroatoms. The molecule has 1 aliphatic carbocycles. The number of hydrogen-bond acceptors (Lipinski definition) is 6. The number of nitrogens with zero attached hydrogens (tertiary/aromatic N) is 4. The minimum absolute atomic E-state index is 0.181. The molecule has 2 aliphatic rings. The van der Waals surface area contributed by atoms with Crippen molar-refractivity contribution in [3.8, 4) is 6.01 Å². The Kier molecular flexibility index (Phi) is 4.52. The van der Waals surface area contributed by atoms with Crippen LogP contribution in [-0.4, -0.2) is 47.9 Å². The zero-order valence-electron chi connectivity index (χ0n) is 11.4. The van der Waals surface area contributed by atoms with E-state index in [1.165, 1.54) is 19.3 Å². The van der Waals surface area contributed by atoms with Crippen LogP contribution in [0.25, 0.3) is 0 Å². The van der Waals surface area contributed by atoms with Gasteiger partial charge in [-0.25, -0.2) is 0 Å². The number of morpholine rings is 1. The maximum atomic E-state index is 5.95. The van der Waals surface area contributed by atoms with Crippen LogP contribution in [0.4, 0.5) is 5.95 Å². The first-order chi connectivity index (χ1) is 9.81. The SMILES string of the molecule is Clc1nc(OCCC2CCC2)nc(N2CCOCC2)n1. The summed E-state index contributed by atoms with van der Waals surface area (Å²) in [7, 11) is 0. The second-order valence-corrected chi connectivity index (χ2v) is 5.56. The van der Waals surface area contributed by atoms with Gasteiger partial charge in [0.1, 0.15) is 0 Å². The highest BCUT2D eigenvalue weighted by Crippen LogP contribution is 2.29. The molecule has 0 atom stereocenters. The molecule has 0 radical (unpaired) electrons. The first-order valence-electron chi connectivity index (χ1n) is 7.18. The van der Waals surface area contributed by atoms with Gasteiger partial charge < -0.3 is 14.4 Å². The summed E-state index contributed by atoms with van der Waals surface area (Å²) < 4.78 is 10.9. The van der Waals surface area contributed by atoms with Gasteiger partial charge in [-0.15, -0.1) is 0 Å². The Morgan fingerprint density at radius 2 is 2.00 bits per heavy atom. The van der Waals surface area contributed by atoms with Crippen LogP contribution in [0.1, 0.15) is 25.7 Å². The summed E-state index contributed by atoms with van der Waals surface area (Å²) in [5.41, 5.74) is 0. The van der Waals surface area contributed by atoms with Gasteiger partial charge in [0, 0.05) is 13.1 Å². The first-order valence-corrected chi connectivity index (χ1v) is 7.56. The molecule has 0 amide bonds. The zero-order chi connectivity index (χ0) is 13.8. The monoisotopic (exact) mass is 298 g/mol. The lowest BCUT2D eigenvalue weighted by Crippen LogP contribution is -2.37. The van der Waals surface area contributed by atoms with E-state index in [-0.39, 0.29) is 5.28 Å². The number of halogens is 1. The quantitative estimate of drug-likeness (QED) is 0.828. The fraction of sp³-hybridized carbons (Fsp3) is 0.769. The molecule has 2 heterocycles. The van der Waals surface area contributed by atoms with Crippen molar-refractivity contribution in [3.05, 3.63) is 5.28 Å². The van der Waals surface area contributed by atoms with E-state index in [0.717, 1.165) is 25.4 Å². The van der Waals surface area contributed by atoms with E-state index in [9.17, 15) is 0 Å². The predicted molar refractivity (Wildman–Crippen MR) is 75.3 cm³/mol. The predicted octanol–water partition coefficient (Wildman–Crippen LogP) is 1.93. The Bertz CT molecular complexity index is 450. The standard InChI is InChI=1S/C13H19ClN4O2/c14-11-15-12(18-5-8-19-9-6-18)17-13(16-11)20-7-4-10-2-1-3-10/h10H,1-9H2. The highest BCUT2D eigenvalue weighted by molar-refractivity contribution is 6.28. The van der Waals surface area contributed by atoms with E-state index >= 15 is 0 Å². The lowest BCUT2D eigenvalue weighted by molar-refractivity contribution is 0.122. The van der Waals surface area contributed by atoms with Crippen LogP contribution in [-0.2, 0) is 4.74 Å². The number of rotatable bonds is 5. The minimum atomic E-state index is 0.181. The lowest BCUT2D eigenvalue weighted by Gasteiger charge is -2.27. The topological polar surface area (TPSA) is 60.4 Å². The Labute approximate surface area is 123 Å². The summed E-state index contributed by atoms with van der Waals surface area (Å²) in [6, 6.07) is 0.325. The Balaban J connectivity index is 1.59. The summed E-state index contributed by atoms with van der Waals surface area (Å²) in [4.78, 5) is 14.6. The summed E-state index contributed by atoms with van der Waals surface area (Å²) >= 11 is 5.95. The van der Waals surface area contributed by atoms with Crippen molar-refractivity contribution >= 4 is 17.5 Å². The van der Waals surface area contributed by atoms with Crippen LogP contribution in [0.3, 0.4) is 0 Å². The van der Waals surface area contributed by atoms with E-state index < -0.39 is 0 Å². The van der Waals surface area contributed by atoms with E-state index in [2.05, 4.69) is 15.0 Å². The van der Waals surface area contributed by atoms with Crippen molar-refractivity contribution in [1.29, 1.82) is 0 Å². The van der Waals surface area contributed by atoms with Gasteiger partial charge >= 0.3 is 6.01 Å². The van der Waals surface area contributed by atoms with Gasteiger partial charge in [-0.3, -0.25) is 0 Å². The molecule has 0 bridgehead atoms. The maximum Gasteiger partial charge on any atom is 0.322 e. The van der Waals surface area contributed by atoms with Crippen LogP contribution in [0.2, 0.25) is 5.28 Å². The van der Waals surface area contributed by atoms with E-state index in [1.54, 1.807) is 0 Å². The maximum absolute atomic E-state index is 5.95. The molecule has 1 saturated heterocycles. The molecular weight excluding hydrogens is 280 g/mol. The van der Waals surface area contributed by atoms with Crippen molar-refractivity contribution in [2.75, 3.05) is 37.8 Å². The molecule has 0 aromatic carbocycles. The average Bonchev–Trinajstić information content (AvgIpc) is 2.42. The van der Waals surface area contributed by atoms with Crippen LogP contribution in [0.5, 0.6) is 6.01 Å². The molecule has 1 aromatic rings. The summed E-state index contributed by atoms with van der Waals surface area (Å²) in [5, 5.41) is 0.181. The molecule has 0 spiro atoms. The van der Waals surface area contributed by atoms with Crippen LogP contribution in [0.15, 0.2) is 0 Å². The highest BCUT2D eigenvalue weighted by atomic mass is 35.5. The third-order valence-corrected chi connectivity index (χ3v) is 4.02. The molecule has 3 rings (SSSR count). The van der Waals surface area contributed by atoms with Crippen molar-refractivity contribution in [2.24, 2.45) is 5.92 Å². The largest absolute Gasteiger partial charge is 0.463 e. The highest BCUT2D eigenvalue weighted by Gasteiger charge is 2.19. The third kappa shape index (κ3) is 3.49. The molecular formula is C13H19ClN4O2. The molecule has 0 N–H and O–H groups in total. The number of hydrogen-bond donors (Lipinski definition) is 0. The Hall–Kier alpha value is -1.14. The molecule has 110 valence electrons. The van der Waals surface area contributed by atoms with E-state index in [4.69, 9.17) is 21.1 Å². The molecule has 1 aromatic heterocycles. The molecule has 6 nitrogen and oxygen atoms in total. The van der Waals surface area contributed by atoms with Crippen LogP contribution >= 0.6 is 11.6 Å². The zero-order valence-corrected chi connectivity index (χ0v) is 12.2. The molecule has 2 fully saturated rings. The Morgan fingerprint density at radius 1 is 1.20 bits per heavy atom. The molecule has 0 unspecified atom stereocenters. The number of ether oxygens (including phenoxy) is 2. The molecule has 1 aliphatic heterocycles. The fourth-order valence-corrected chi connectivity index (χ4v) is 2.54.